The van der Waals surface area contributed by atoms with Crippen molar-refractivity contribution < 1.29 is 19.1 Å². The van der Waals surface area contributed by atoms with E-state index in [1.807, 2.05) is 30.3 Å². The molecule has 0 aliphatic carbocycles. The second-order valence-electron chi connectivity index (χ2n) is 7.26. The van der Waals surface area contributed by atoms with E-state index in [1.54, 1.807) is 16.7 Å². The van der Waals surface area contributed by atoms with E-state index in [2.05, 4.69) is 12.2 Å². The lowest BCUT2D eigenvalue weighted by molar-refractivity contribution is -0.156. The maximum absolute atomic E-state index is 12.6. The molecule has 2 aliphatic rings. The van der Waals surface area contributed by atoms with E-state index >= 15 is 0 Å². The van der Waals surface area contributed by atoms with E-state index in [4.69, 9.17) is 4.74 Å². The van der Waals surface area contributed by atoms with Gasteiger partial charge in [-0.3, -0.25) is 9.59 Å². The van der Waals surface area contributed by atoms with E-state index < -0.39 is 16.9 Å². The molecule has 0 unspecified atom stereocenters. The van der Waals surface area contributed by atoms with Crippen LogP contribution in [-0.2, 0) is 24.0 Å². The summed E-state index contributed by atoms with van der Waals surface area (Å²) < 4.78 is 5.25. The average molecular weight is 405 g/mol. The predicted octanol–water partition coefficient (Wildman–Crippen LogP) is 2.82. The molecule has 1 aromatic carbocycles. The maximum Gasteiger partial charge on any atom is 0.330 e. The van der Waals surface area contributed by atoms with Crippen LogP contribution in [0, 0.1) is 0 Å². The minimum absolute atomic E-state index is 0.0313. The lowest BCUT2D eigenvalue weighted by Crippen LogP contribution is -2.47. The van der Waals surface area contributed by atoms with E-state index in [1.165, 1.54) is 0 Å². The molecule has 152 valence electrons. The highest BCUT2D eigenvalue weighted by Crippen LogP contribution is 2.54. The third-order valence-electron chi connectivity index (χ3n) is 5.32. The van der Waals surface area contributed by atoms with Gasteiger partial charge in [-0.1, -0.05) is 56.5 Å². The van der Waals surface area contributed by atoms with Gasteiger partial charge in [-0.2, -0.15) is 0 Å². The van der Waals surface area contributed by atoms with Crippen LogP contribution < -0.4 is 5.32 Å². The fourth-order valence-corrected chi connectivity index (χ4v) is 5.52. The predicted molar refractivity (Wildman–Crippen MR) is 109 cm³/mol. The van der Waals surface area contributed by atoms with E-state index in [0.29, 0.717) is 25.1 Å². The lowest BCUT2D eigenvalue weighted by atomic mass is 10.0. The number of hydrogen-bond acceptors (Lipinski definition) is 5. The minimum atomic E-state index is -0.641. The van der Waals surface area contributed by atoms with Crippen LogP contribution in [0.1, 0.15) is 51.0 Å². The summed E-state index contributed by atoms with van der Waals surface area (Å²) in [5.41, 5.74) is 1.03. The standard InChI is InChI=1S/C21H28N2O4S/c1-2-3-4-8-13-22-18(24)14-27-20(26)17-15-28-21(12-11-19(25)23(17)21)16-9-6-5-7-10-16/h5-7,9-10,17H,2-4,8,11-15H2,1H3,(H,22,24)/t17-,21-/m0/s1. The Morgan fingerprint density at radius 2 is 2.04 bits per heavy atom. The van der Waals surface area contributed by atoms with Crippen LogP contribution in [0.2, 0.25) is 0 Å². The van der Waals surface area contributed by atoms with Crippen LogP contribution in [0.25, 0.3) is 0 Å². The molecule has 2 atom stereocenters. The molecule has 6 nitrogen and oxygen atoms in total. The Labute approximate surface area is 170 Å². The fourth-order valence-electron chi connectivity index (χ4n) is 3.88. The molecule has 2 heterocycles. The Kier molecular flexibility index (Phi) is 6.99. The number of carbonyl (C=O) groups excluding carboxylic acids is 3. The van der Waals surface area contributed by atoms with Crippen LogP contribution in [0.3, 0.4) is 0 Å². The largest absolute Gasteiger partial charge is 0.454 e. The van der Waals surface area contributed by atoms with Crippen molar-refractivity contribution in [2.75, 3.05) is 18.9 Å². The highest BCUT2D eigenvalue weighted by Gasteiger charge is 2.57. The van der Waals surface area contributed by atoms with Gasteiger partial charge in [0.25, 0.3) is 5.91 Å². The van der Waals surface area contributed by atoms with E-state index in [-0.39, 0.29) is 18.4 Å². The van der Waals surface area contributed by atoms with Gasteiger partial charge in [-0.05, 0) is 18.4 Å². The highest BCUT2D eigenvalue weighted by atomic mass is 32.2. The molecule has 3 rings (SSSR count). The van der Waals surface area contributed by atoms with Crippen LogP contribution in [0.15, 0.2) is 30.3 Å². The number of hydrogen-bond donors (Lipinski definition) is 1. The van der Waals surface area contributed by atoms with Crippen molar-refractivity contribution in [3.63, 3.8) is 0 Å². The number of thioether (sulfide) groups is 1. The van der Waals surface area contributed by atoms with Crippen molar-refractivity contribution in [2.24, 2.45) is 0 Å². The van der Waals surface area contributed by atoms with Gasteiger partial charge in [0.1, 0.15) is 10.9 Å². The van der Waals surface area contributed by atoms with Crippen LogP contribution >= 0.6 is 11.8 Å². The van der Waals surface area contributed by atoms with Crippen molar-refractivity contribution in [2.45, 2.75) is 56.4 Å². The molecule has 1 N–H and O–H groups in total. The number of fused-ring (bicyclic) bond motifs is 1. The molecule has 2 amide bonds. The van der Waals surface area contributed by atoms with Crippen molar-refractivity contribution in [1.29, 1.82) is 0 Å². The zero-order chi connectivity index (χ0) is 20.0. The number of benzene rings is 1. The second-order valence-corrected chi connectivity index (χ2v) is 8.56. The SMILES string of the molecule is CCCCCCNC(=O)COC(=O)[C@@H]1CS[C@]2(c3ccccc3)CCC(=O)N12. The molecule has 2 aliphatic heterocycles. The molecular formula is C21H28N2O4S. The van der Waals surface area contributed by atoms with Crippen molar-refractivity contribution >= 4 is 29.5 Å². The summed E-state index contributed by atoms with van der Waals surface area (Å²) in [6.45, 7) is 2.43. The summed E-state index contributed by atoms with van der Waals surface area (Å²) in [6.07, 6.45) is 5.40. The molecule has 1 aromatic rings. The molecule has 7 heteroatoms. The summed E-state index contributed by atoms with van der Waals surface area (Å²) >= 11 is 1.61. The Hall–Kier alpha value is -2.02. The number of nitrogens with one attached hydrogen (secondary N) is 1. The minimum Gasteiger partial charge on any atom is -0.454 e. The van der Waals surface area contributed by atoms with Gasteiger partial charge < -0.3 is 15.0 Å². The second kappa shape index (κ2) is 9.45. The number of ether oxygens (including phenoxy) is 1. The maximum atomic E-state index is 12.6. The van der Waals surface area contributed by atoms with Gasteiger partial charge in [-0.15, -0.1) is 11.8 Å². The summed E-state index contributed by atoms with van der Waals surface area (Å²) in [5.74, 6) is -0.339. The molecule has 0 radical (unpaired) electrons. The first kappa shape index (κ1) is 20.7. The lowest BCUT2D eigenvalue weighted by Gasteiger charge is -2.33. The first-order chi connectivity index (χ1) is 13.6. The van der Waals surface area contributed by atoms with Gasteiger partial charge in [-0.25, -0.2) is 4.79 Å². The molecule has 2 fully saturated rings. The fraction of sp³-hybridized carbons (Fsp3) is 0.571. The van der Waals surface area contributed by atoms with Crippen LogP contribution in [0.4, 0.5) is 0 Å². The molecular weight excluding hydrogens is 376 g/mol. The third-order valence-corrected chi connectivity index (χ3v) is 6.92. The van der Waals surface area contributed by atoms with Crippen molar-refractivity contribution in [3.05, 3.63) is 35.9 Å². The quantitative estimate of drug-likeness (QED) is 0.506. The number of amides is 2. The van der Waals surface area contributed by atoms with Gasteiger partial charge >= 0.3 is 5.97 Å². The highest BCUT2D eigenvalue weighted by molar-refractivity contribution is 8.00. The average Bonchev–Trinajstić information content (AvgIpc) is 3.26. The Balaban J connectivity index is 1.55. The summed E-state index contributed by atoms with van der Waals surface area (Å²) in [4.78, 5) is 38.2. The number of rotatable bonds is 9. The molecule has 0 aromatic heterocycles. The molecule has 0 spiro atoms. The van der Waals surface area contributed by atoms with Gasteiger partial charge in [0.15, 0.2) is 6.61 Å². The zero-order valence-electron chi connectivity index (χ0n) is 16.3. The Morgan fingerprint density at radius 1 is 1.25 bits per heavy atom. The number of carbonyl (C=O) groups is 3. The van der Waals surface area contributed by atoms with Crippen molar-refractivity contribution in [1.82, 2.24) is 10.2 Å². The summed E-state index contributed by atoms with van der Waals surface area (Å²) in [7, 11) is 0. The number of nitrogens with zero attached hydrogens (tertiary/aromatic N) is 1. The van der Waals surface area contributed by atoms with Crippen molar-refractivity contribution in [3.8, 4) is 0 Å². The molecule has 0 bridgehead atoms. The first-order valence-electron chi connectivity index (χ1n) is 10.0. The van der Waals surface area contributed by atoms with E-state index in [9.17, 15) is 14.4 Å². The Bertz CT molecular complexity index is 712. The van der Waals surface area contributed by atoms with Crippen LogP contribution in [-0.4, -0.2) is 47.6 Å². The zero-order valence-corrected chi connectivity index (χ0v) is 17.1. The van der Waals surface area contributed by atoms with Gasteiger partial charge in [0.05, 0.1) is 0 Å². The Morgan fingerprint density at radius 3 is 2.79 bits per heavy atom. The van der Waals surface area contributed by atoms with E-state index in [0.717, 1.165) is 31.2 Å². The van der Waals surface area contributed by atoms with Gasteiger partial charge in [0.2, 0.25) is 5.91 Å². The summed E-state index contributed by atoms with van der Waals surface area (Å²) in [5, 5.41) is 2.77. The molecule has 28 heavy (non-hydrogen) atoms. The van der Waals surface area contributed by atoms with Crippen LogP contribution in [0.5, 0.6) is 0 Å². The molecule has 2 saturated heterocycles. The monoisotopic (exact) mass is 404 g/mol. The number of unbranched alkanes of at least 4 members (excludes halogenated alkanes) is 3. The topological polar surface area (TPSA) is 75.7 Å². The summed E-state index contributed by atoms with van der Waals surface area (Å²) in [6, 6.07) is 9.19. The van der Waals surface area contributed by atoms with Gasteiger partial charge in [0, 0.05) is 18.7 Å². The normalized spacial score (nSPS) is 23.5. The molecule has 0 saturated carbocycles. The third kappa shape index (κ3) is 4.35. The first-order valence-corrected chi connectivity index (χ1v) is 11.0. The smallest absolute Gasteiger partial charge is 0.330 e. The number of esters is 1.